The second kappa shape index (κ2) is 3.06. The molecule has 0 radical (unpaired) electrons. The lowest BCUT2D eigenvalue weighted by Crippen LogP contribution is -2.09. The Morgan fingerprint density at radius 1 is 1.33 bits per heavy atom. The molecular formula is C10H10F2O3. The molecule has 2 N–H and O–H groups in total. The van der Waals surface area contributed by atoms with Crippen LogP contribution in [-0.4, -0.2) is 17.3 Å². The van der Waals surface area contributed by atoms with E-state index in [4.69, 9.17) is 4.74 Å². The third kappa shape index (κ3) is 1.43. The highest BCUT2D eigenvalue weighted by atomic mass is 19.1. The fourth-order valence-corrected chi connectivity index (χ4v) is 1.59. The first kappa shape index (κ1) is 10.2. The van der Waals surface area contributed by atoms with Gasteiger partial charge in [-0.25, -0.2) is 8.78 Å². The lowest BCUT2D eigenvalue weighted by molar-refractivity contribution is 0.141. The van der Waals surface area contributed by atoms with Gasteiger partial charge in [-0.2, -0.15) is 0 Å². The number of phenolic OH excluding ortho intramolecular Hbond substituents is 1. The Bertz CT molecular complexity index is 414. The highest BCUT2D eigenvalue weighted by Crippen LogP contribution is 2.53. The van der Waals surface area contributed by atoms with Crippen LogP contribution in [0.15, 0.2) is 6.07 Å². The molecule has 1 aromatic carbocycles. The number of methoxy groups -OCH3 is 1. The molecule has 0 unspecified atom stereocenters. The number of rotatable bonds is 2. The van der Waals surface area contributed by atoms with Crippen molar-refractivity contribution in [2.75, 3.05) is 7.11 Å². The van der Waals surface area contributed by atoms with Gasteiger partial charge < -0.3 is 14.9 Å². The summed E-state index contributed by atoms with van der Waals surface area (Å²) in [6.45, 7) is 0. The van der Waals surface area contributed by atoms with Gasteiger partial charge >= 0.3 is 0 Å². The number of benzene rings is 1. The minimum Gasteiger partial charge on any atom is -0.504 e. The zero-order chi connectivity index (χ0) is 11.2. The maximum absolute atomic E-state index is 13.3. The fourth-order valence-electron chi connectivity index (χ4n) is 1.59. The summed E-state index contributed by atoms with van der Waals surface area (Å²) in [5.41, 5.74) is -1.54. The number of aliphatic hydroxyl groups is 1. The molecule has 3 nitrogen and oxygen atoms in total. The second-order valence-corrected chi connectivity index (χ2v) is 3.63. The molecule has 0 heterocycles. The van der Waals surface area contributed by atoms with Gasteiger partial charge in [0.25, 0.3) is 0 Å². The minimum absolute atomic E-state index is 0.192. The maximum Gasteiger partial charge on any atom is 0.168 e. The van der Waals surface area contributed by atoms with Crippen LogP contribution in [0.25, 0.3) is 0 Å². The third-order valence-electron chi connectivity index (χ3n) is 2.55. The van der Waals surface area contributed by atoms with Crippen molar-refractivity contribution in [1.29, 1.82) is 0 Å². The molecule has 1 aromatic rings. The Morgan fingerprint density at radius 2 is 1.93 bits per heavy atom. The van der Waals surface area contributed by atoms with Gasteiger partial charge in [0.1, 0.15) is 0 Å². The molecule has 0 bridgehead atoms. The molecule has 0 spiro atoms. The van der Waals surface area contributed by atoms with Gasteiger partial charge in [0.15, 0.2) is 23.1 Å². The number of phenols is 1. The molecule has 0 aliphatic heterocycles. The van der Waals surface area contributed by atoms with E-state index in [1.54, 1.807) is 0 Å². The third-order valence-corrected chi connectivity index (χ3v) is 2.55. The van der Waals surface area contributed by atoms with E-state index in [2.05, 4.69) is 0 Å². The van der Waals surface area contributed by atoms with Crippen LogP contribution in [0.3, 0.4) is 0 Å². The summed E-state index contributed by atoms with van der Waals surface area (Å²) in [5.74, 6) is -3.06. The van der Waals surface area contributed by atoms with Crippen LogP contribution in [0.1, 0.15) is 18.4 Å². The van der Waals surface area contributed by atoms with E-state index in [0.717, 1.165) is 0 Å². The molecular weight excluding hydrogens is 206 g/mol. The van der Waals surface area contributed by atoms with E-state index in [9.17, 15) is 19.0 Å². The summed E-state index contributed by atoms with van der Waals surface area (Å²) < 4.78 is 31.0. The molecule has 0 saturated heterocycles. The molecule has 1 saturated carbocycles. The number of aromatic hydroxyl groups is 1. The summed E-state index contributed by atoms with van der Waals surface area (Å²) >= 11 is 0. The van der Waals surface area contributed by atoms with E-state index in [-0.39, 0.29) is 11.3 Å². The van der Waals surface area contributed by atoms with Gasteiger partial charge in [0.2, 0.25) is 0 Å². The fraction of sp³-hybridized carbons (Fsp3) is 0.400. The molecule has 15 heavy (non-hydrogen) atoms. The Hall–Kier alpha value is -1.36. The standard InChI is InChI=1S/C10H10F2O3/c1-15-9-6(12)4-5(11)8(13)7(9)10(14)2-3-10/h4,13-14H,2-3H2,1H3. The average molecular weight is 216 g/mol. The van der Waals surface area contributed by atoms with Gasteiger partial charge in [-0.3, -0.25) is 0 Å². The Morgan fingerprint density at radius 3 is 2.40 bits per heavy atom. The van der Waals surface area contributed by atoms with Gasteiger partial charge in [-0.15, -0.1) is 0 Å². The molecule has 1 fully saturated rings. The molecule has 1 aliphatic carbocycles. The Kier molecular flexibility index (Phi) is 2.08. The lowest BCUT2D eigenvalue weighted by Gasteiger charge is -2.16. The number of hydrogen-bond donors (Lipinski definition) is 2. The first-order chi connectivity index (χ1) is 6.99. The van der Waals surface area contributed by atoms with Crippen molar-refractivity contribution in [3.63, 3.8) is 0 Å². The first-order valence-corrected chi connectivity index (χ1v) is 4.47. The van der Waals surface area contributed by atoms with Crippen molar-refractivity contribution in [1.82, 2.24) is 0 Å². The van der Waals surface area contributed by atoms with Crippen LogP contribution >= 0.6 is 0 Å². The topological polar surface area (TPSA) is 49.7 Å². The van der Waals surface area contributed by atoms with Crippen molar-refractivity contribution >= 4 is 0 Å². The largest absolute Gasteiger partial charge is 0.504 e. The molecule has 0 aromatic heterocycles. The van der Waals surface area contributed by atoms with Crippen LogP contribution in [0.4, 0.5) is 8.78 Å². The highest BCUT2D eigenvalue weighted by Gasteiger charge is 2.47. The smallest absolute Gasteiger partial charge is 0.168 e. The van der Waals surface area contributed by atoms with E-state index >= 15 is 0 Å². The zero-order valence-electron chi connectivity index (χ0n) is 8.05. The van der Waals surface area contributed by atoms with Gasteiger partial charge in [-0.1, -0.05) is 0 Å². The van der Waals surface area contributed by atoms with Gasteiger partial charge in [0.05, 0.1) is 18.3 Å². The van der Waals surface area contributed by atoms with Crippen LogP contribution < -0.4 is 4.74 Å². The van der Waals surface area contributed by atoms with Crippen LogP contribution in [0.2, 0.25) is 0 Å². The van der Waals surface area contributed by atoms with Crippen molar-refractivity contribution < 1.29 is 23.7 Å². The summed E-state index contributed by atoms with van der Waals surface area (Å²) in [6, 6.07) is 0.531. The van der Waals surface area contributed by atoms with Crippen molar-refractivity contribution in [2.24, 2.45) is 0 Å². The minimum atomic E-state index is -1.35. The highest BCUT2D eigenvalue weighted by molar-refractivity contribution is 5.51. The monoisotopic (exact) mass is 216 g/mol. The van der Waals surface area contributed by atoms with Gasteiger partial charge in [0, 0.05) is 6.07 Å². The van der Waals surface area contributed by atoms with Crippen molar-refractivity contribution in [3.05, 3.63) is 23.3 Å². The molecule has 82 valence electrons. The van der Waals surface area contributed by atoms with Gasteiger partial charge in [-0.05, 0) is 12.8 Å². The first-order valence-electron chi connectivity index (χ1n) is 4.47. The van der Waals surface area contributed by atoms with Crippen molar-refractivity contribution in [2.45, 2.75) is 18.4 Å². The predicted octanol–water partition coefficient (Wildman–Crippen LogP) is 1.66. The average Bonchev–Trinajstić information content (AvgIpc) is 2.90. The SMILES string of the molecule is COc1c(F)cc(F)c(O)c1C1(O)CC1. The summed E-state index contributed by atoms with van der Waals surface area (Å²) in [6.07, 6.45) is 0.722. The number of ether oxygens (including phenoxy) is 1. The van der Waals surface area contributed by atoms with E-state index in [1.165, 1.54) is 7.11 Å². The summed E-state index contributed by atoms with van der Waals surface area (Å²) in [5, 5.41) is 19.2. The van der Waals surface area contributed by atoms with Crippen LogP contribution in [-0.2, 0) is 5.60 Å². The predicted molar refractivity (Wildman–Crippen MR) is 47.7 cm³/mol. The molecule has 0 atom stereocenters. The normalized spacial score (nSPS) is 17.6. The molecule has 2 rings (SSSR count). The van der Waals surface area contributed by atoms with E-state index in [0.29, 0.717) is 18.9 Å². The molecule has 5 heteroatoms. The van der Waals surface area contributed by atoms with E-state index in [1.807, 2.05) is 0 Å². The summed E-state index contributed by atoms with van der Waals surface area (Å²) in [4.78, 5) is 0. The maximum atomic E-state index is 13.3. The van der Waals surface area contributed by atoms with Crippen LogP contribution in [0, 0.1) is 11.6 Å². The number of halogens is 2. The van der Waals surface area contributed by atoms with Crippen LogP contribution in [0.5, 0.6) is 11.5 Å². The quantitative estimate of drug-likeness (QED) is 0.790. The lowest BCUT2D eigenvalue weighted by atomic mass is 10.0. The second-order valence-electron chi connectivity index (χ2n) is 3.63. The molecule has 0 amide bonds. The molecule has 1 aliphatic rings. The van der Waals surface area contributed by atoms with E-state index < -0.39 is 23.0 Å². The Balaban J connectivity index is 2.68. The summed E-state index contributed by atoms with van der Waals surface area (Å²) in [7, 11) is 1.20. The number of hydrogen-bond acceptors (Lipinski definition) is 3. The zero-order valence-corrected chi connectivity index (χ0v) is 8.05. The van der Waals surface area contributed by atoms with Crippen molar-refractivity contribution in [3.8, 4) is 11.5 Å². The Labute approximate surface area is 84.9 Å².